The molecule has 0 unspecified atom stereocenters. The molecule has 2 aromatic carbocycles. The van der Waals surface area contributed by atoms with Gasteiger partial charge in [-0.25, -0.2) is 0 Å². The molecular weight excluding hydrogens is 266 g/mol. The predicted octanol–water partition coefficient (Wildman–Crippen LogP) is 4.37. The van der Waals surface area contributed by atoms with Gasteiger partial charge in [0.25, 0.3) is 0 Å². The van der Waals surface area contributed by atoms with Crippen LogP contribution in [0.3, 0.4) is 0 Å². The Kier molecular flexibility index (Phi) is 4.14. The van der Waals surface area contributed by atoms with Crippen molar-refractivity contribution in [2.75, 3.05) is 7.11 Å². The van der Waals surface area contributed by atoms with Gasteiger partial charge in [-0.2, -0.15) is 5.26 Å². The third kappa shape index (κ3) is 2.79. The molecule has 0 fully saturated rings. The molecule has 0 spiro atoms. The monoisotopic (exact) mass is 275 g/mol. The SMILES string of the molecule is COc1ccccc1Sc1ccc(C#N)cc1Cl. The third-order valence-electron chi connectivity index (χ3n) is 2.35. The first-order valence-electron chi connectivity index (χ1n) is 5.25. The second-order valence-electron chi connectivity index (χ2n) is 3.51. The van der Waals surface area contributed by atoms with Crippen LogP contribution >= 0.6 is 23.4 Å². The molecule has 4 heteroatoms. The van der Waals surface area contributed by atoms with Crippen LogP contribution in [0.1, 0.15) is 5.56 Å². The summed E-state index contributed by atoms with van der Waals surface area (Å²) in [5.74, 6) is 0.808. The van der Waals surface area contributed by atoms with Crippen molar-refractivity contribution in [1.82, 2.24) is 0 Å². The maximum atomic E-state index is 8.79. The Hall–Kier alpha value is -1.63. The van der Waals surface area contributed by atoms with Crippen molar-refractivity contribution in [3.05, 3.63) is 53.1 Å². The normalized spacial score (nSPS) is 9.83. The van der Waals surface area contributed by atoms with Gasteiger partial charge in [0, 0.05) is 4.90 Å². The van der Waals surface area contributed by atoms with Crippen molar-refractivity contribution in [1.29, 1.82) is 5.26 Å². The lowest BCUT2D eigenvalue weighted by Gasteiger charge is -2.08. The van der Waals surface area contributed by atoms with Gasteiger partial charge in [-0.3, -0.25) is 0 Å². The molecule has 0 aliphatic carbocycles. The van der Waals surface area contributed by atoms with Crippen molar-refractivity contribution in [3.8, 4) is 11.8 Å². The van der Waals surface area contributed by atoms with Crippen LogP contribution in [0, 0.1) is 11.3 Å². The highest BCUT2D eigenvalue weighted by atomic mass is 35.5. The highest BCUT2D eigenvalue weighted by Gasteiger charge is 2.07. The summed E-state index contributed by atoms with van der Waals surface area (Å²) in [4.78, 5) is 1.90. The number of nitriles is 1. The van der Waals surface area contributed by atoms with Gasteiger partial charge in [0.2, 0.25) is 0 Å². The fraction of sp³-hybridized carbons (Fsp3) is 0.0714. The number of hydrogen-bond acceptors (Lipinski definition) is 3. The average molecular weight is 276 g/mol. The van der Waals surface area contributed by atoms with E-state index in [0.717, 1.165) is 15.5 Å². The van der Waals surface area contributed by atoms with Gasteiger partial charge in [0.05, 0.1) is 28.7 Å². The fourth-order valence-electron chi connectivity index (χ4n) is 1.47. The van der Waals surface area contributed by atoms with E-state index < -0.39 is 0 Å². The minimum atomic E-state index is 0.560. The molecule has 90 valence electrons. The molecule has 18 heavy (non-hydrogen) atoms. The Morgan fingerprint density at radius 2 is 1.94 bits per heavy atom. The highest BCUT2D eigenvalue weighted by molar-refractivity contribution is 7.99. The van der Waals surface area contributed by atoms with Gasteiger partial charge >= 0.3 is 0 Å². The molecule has 0 heterocycles. The van der Waals surface area contributed by atoms with Crippen LogP contribution < -0.4 is 4.74 Å². The standard InChI is InChI=1S/C14H10ClNOS/c1-17-12-4-2-3-5-14(12)18-13-7-6-10(9-16)8-11(13)15/h2-8H,1H3. The van der Waals surface area contributed by atoms with Crippen LogP contribution in [0.4, 0.5) is 0 Å². The number of methoxy groups -OCH3 is 1. The molecule has 0 saturated heterocycles. The van der Waals surface area contributed by atoms with Crippen molar-refractivity contribution in [2.45, 2.75) is 9.79 Å². The van der Waals surface area contributed by atoms with Gasteiger partial charge in [-0.1, -0.05) is 35.5 Å². The molecule has 0 radical (unpaired) electrons. The highest BCUT2D eigenvalue weighted by Crippen LogP contribution is 2.38. The number of hydrogen-bond donors (Lipinski definition) is 0. The summed E-state index contributed by atoms with van der Waals surface area (Å²) >= 11 is 7.66. The Morgan fingerprint density at radius 1 is 1.17 bits per heavy atom. The molecule has 0 atom stereocenters. The second-order valence-corrected chi connectivity index (χ2v) is 5.00. The lowest BCUT2D eigenvalue weighted by molar-refractivity contribution is 0.405. The second kappa shape index (κ2) is 5.81. The summed E-state index contributed by atoms with van der Waals surface area (Å²) in [5.41, 5.74) is 0.560. The van der Waals surface area contributed by atoms with Crippen molar-refractivity contribution < 1.29 is 4.74 Å². The topological polar surface area (TPSA) is 33.0 Å². The molecule has 2 nitrogen and oxygen atoms in total. The summed E-state index contributed by atoms with van der Waals surface area (Å²) in [7, 11) is 1.64. The lowest BCUT2D eigenvalue weighted by Crippen LogP contribution is -1.86. The van der Waals surface area contributed by atoms with Crippen molar-refractivity contribution in [3.63, 3.8) is 0 Å². The zero-order valence-corrected chi connectivity index (χ0v) is 11.3. The molecule has 2 aromatic rings. The van der Waals surface area contributed by atoms with Crippen LogP contribution in [0.15, 0.2) is 52.3 Å². The summed E-state index contributed by atoms with van der Waals surface area (Å²) in [6.07, 6.45) is 0. The summed E-state index contributed by atoms with van der Waals surface area (Å²) in [6.45, 7) is 0. The first-order valence-corrected chi connectivity index (χ1v) is 6.44. The molecule has 2 rings (SSSR count). The third-order valence-corrected chi connectivity index (χ3v) is 3.91. The van der Waals surface area contributed by atoms with Gasteiger partial charge in [0.1, 0.15) is 5.75 Å². The number of benzene rings is 2. The minimum Gasteiger partial charge on any atom is -0.496 e. The Labute approximate surface area is 115 Å². The van der Waals surface area contributed by atoms with Crippen LogP contribution in [0.5, 0.6) is 5.75 Å². The quantitative estimate of drug-likeness (QED) is 0.834. The summed E-state index contributed by atoms with van der Waals surface area (Å²) in [5, 5.41) is 9.36. The molecule has 0 aliphatic heterocycles. The maximum absolute atomic E-state index is 8.79. The van der Waals surface area contributed by atoms with E-state index >= 15 is 0 Å². The van der Waals surface area contributed by atoms with Crippen molar-refractivity contribution in [2.24, 2.45) is 0 Å². The van der Waals surface area contributed by atoms with Gasteiger partial charge in [0.15, 0.2) is 0 Å². The first-order chi connectivity index (χ1) is 8.74. The average Bonchev–Trinajstić information content (AvgIpc) is 2.41. The van der Waals surface area contributed by atoms with Crippen LogP contribution in [-0.4, -0.2) is 7.11 Å². The number of rotatable bonds is 3. The van der Waals surface area contributed by atoms with Gasteiger partial charge in [-0.15, -0.1) is 0 Å². The Bertz CT molecular complexity index is 607. The first kappa shape index (κ1) is 12.8. The minimum absolute atomic E-state index is 0.560. The van der Waals surface area contributed by atoms with E-state index in [-0.39, 0.29) is 0 Å². The lowest BCUT2D eigenvalue weighted by atomic mass is 10.2. The van der Waals surface area contributed by atoms with Crippen LogP contribution in [0.25, 0.3) is 0 Å². The zero-order chi connectivity index (χ0) is 13.0. The summed E-state index contributed by atoms with van der Waals surface area (Å²) in [6, 6.07) is 15.1. The number of halogens is 1. The zero-order valence-electron chi connectivity index (χ0n) is 9.68. The van der Waals surface area contributed by atoms with Crippen LogP contribution in [-0.2, 0) is 0 Å². The Balaban J connectivity index is 2.32. The van der Waals surface area contributed by atoms with E-state index in [1.165, 1.54) is 11.8 Å². The summed E-state index contributed by atoms with van der Waals surface area (Å²) < 4.78 is 5.29. The molecular formula is C14H10ClNOS. The van der Waals surface area contributed by atoms with Gasteiger partial charge < -0.3 is 4.74 Å². The largest absolute Gasteiger partial charge is 0.496 e. The maximum Gasteiger partial charge on any atom is 0.132 e. The number of ether oxygens (including phenoxy) is 1. The molecule has 0 bridgehead atoms. The Morgan fingerprint density at radius 3 is 2.61 bits per heavy atom. The van der Waals surface area contributed by atoms with Crippen LogP contribution in [0.2, 0.25) is 5.02 Å². The van der Waals surface area contributed by atoms with E-state index in [1.54, 1.807) is 19.2 Å². The molecule has 0 N–H and O–H groups in total. The molecule has 0 aromatic heterocycles. The van der Waals surface area contributed by atoms with E-state index in [9.17, 15) is 0 Å². The fourth-order valence-corrected chi connectivity index (χ4v) is 2.70. The number of nitrogens with zero attached hydrogens (tertiary/aromatic N) is 1. The number of para-hydroxylation sites is 1. The molecule has 0 amide bonds. The van der Waals surface area contributed by atoms with Crippen molar-refractivity contribution >= 4 is 23.4 Å². The smallest absolute Gasteiger partial charge is 0.132 e. The van der Waals surface area contributed by atoms with E-state index in [1.807, 2.05) is 30.3 Å². The molecule has 0 aliphatic rings. The van der Waals surface area contributed by atoms with E-state index in [4.69, 9.17) is 21.6 Å². The predicted molar refractivity (Wildman–Crippen MR) is 73.3 cm³/mol. The van der Waals surface area contributed by atoms with E-state index in [2.05, 4.69) is 6.07 Å². The molecule has 0 saturated carbocycles. The van der Waals surface area contributed by atoms with Gasteiger partial charge in [-0.05, 0) is 30.3 Å². The van der Waals surface area contributed by atoms with E-state index in [0.29, 0.717) is 10.6 Å².